The molecule has 0 spiro atoms. The van der Waals surface area contributed by atoms with Crippen LogP contribution in [0, 0.1) is 5.92 Å². The van der Waals surface area contributed by atoms with Crippen LogP contribution in [-0.2, 0) is 4.79 Å². The summed E-state index contributed by atoms with van der Waals surface area (Å²) >= 11 is 12.1. The fourth-order valence-electron chi connectivity index (χ4n) is 2.08. The van der Waals surface area contributed by atoms with Gasteiger partial charge in [0.15, 0.2) is 0 Å². The first-order valence-corrected chi connectivity index (χ1v) is 7.05. The maximum Gasteiger partial charge on any atom is 0.223 e. The maximum absolute atomic E-state index is 12.0. The summed E-state index contributed by atoms with van der Waals surface area (Å²) in [6, 6.07) is 5.54. The lowest BCUT2D eigenvalue weighted by Gasteiger charge is -2.18. The Kier molecular flexibility index (Phi) is 4.09. The Labute approximate surface area is 123 Å². The summed E-state index contributed by atoms with van der Waals surface area (Å²) in [6.07, 6.45) is 0.816. The van der Waals surface area contributed by atoms with E-state index in [2.05, 4.69) is 5.32 Å². The van der Waals surface area contributed by atoms with Crippen molar-refractivity contribution < 1.29 is 4.79 Å². The molecule has 1 aliphatic rings. The number of rotatable bonds is 4. The van der Waals surface area contributed by atoms with Crippen LogP contribution in [0.5, 0.6) is 0 Å². The molecular formula is C14H18Cl2N2O. The van der Waals surface area contributed by atoms with Crippen molar-refractivity contribution in [2.24, 2.45) is 11.7 Å². The molecule has 1 aromatic carbocycles. The van der Waals surface area contributed by atoms with Crippen LogP contribution in [0.15, 0.2) is 18.2 Å². The molecule has 1 fully saturated rings. The number of amides is 1. The van der Waals surface area contributed by atoms with Crippen molar-refractivity contribution in [3.8, 4) is 0 Å². The summed E-state index contributed by atoms with van der Waals surface area (Å²) < 4.78 is 0. The third-order valence-electron chi connectivity index (χ3n) is 3.23. The number of halogens is 2. The molecular weight excluding hydrogens is 283 g/mol. The van der Waals surface area contributed by atoms with Gasteiger partial charge in [-0.05, 0) is 37.8 Å². The lowest BCUT2D eigenvalue weighted by molar-refractivity contribution is -0.122. The van der Waals surface area contributed by atoms with Crippen molar-refractivity contribution in [1.82, 2.24) is 5.32 Å². The number of carbonyl (C=O) groups is 1. The van der Waals surface area contributed by atoms with E-state index < -0.39 is 5.54 Å². The quantitative estimate of drug-likeness (QED) is 0.898. The standard InChI is InChI=1S/C14H18Cl2N2O/c1-14(2,17)7-18-13(19)10-6-9(10)8-4-3-5-11(15)12(8)16/h3-5,9-10H,6-7,17H2,1-2H3,(H,18,19). The van der Waals surface area contributed by atoms with Gasteiger partial charge in [-0.15, -0.1) is 0 Å². The Morgan fingerprint density at radius 1 is 1.47 bits per heavy atom. The summed E-state index contributed by atoms with van der Waals surface area (Å²) in [7, 11) is 0. The van der Waals surface area contributed by atoms with E-state index in [1.165, 1.54) is 0 Å². The molecule has 0 heterocycles. The number of nitrogens with one attached hydrogen (secondary N) is 1. The van der Waals surface area contributed by atoms with Gasteiger partial charge in [0.1, 0.15) is 0 Å². The van der Waals surface area contributed by atoms with Crippen molar-refractivity contribution >= 4 is 29.1 Å². The Morgan fingerprint density at radius 2 is 2.16 bits per heavy atom. The second-order valence-corrected chi connectivity index (χ2v) is 6.58. The lowest BCUT2D eigenvalue weighted by atomic mass is 10.1. The van der Waals surface area contributed by atoms with Crippen molar-refractivity contribution in [3.63, 3.8) is 0 Å². The summed E-state index contributed by atoms with van der Waals surface area (Å²) in [6.45, 7) is 4.23. The molecule has 2 unspecified atom stereocenters. The summed E-state index contributed by atoms with van der Waals surface area (Å²) in [5, 5.41) is 3.97. The summed E-state index contributed by atoms with van der Waals surface area (Å²) in [5.74, 6) is 0.199. The smallest absolute Gasteiger partial charge is 0.223 e. The molecule has 0 saturated heterocycles. The molecule has 0 bridgehead atoms. The van der Waals surface area contributed by atoms with E-state index in [9.17, 15) is 4.79 Å². The van der Waals surface area contributed by atoms with E-state index >= 15 is 0 Å². The first kappa shape index (κ1) is 14.6. The molecule has 104 valence electrons. The highest BCUT2D eigenvalue weighted by atomic mass is 35.5. The van der Waals surface area contributed by atoms with E-state index in [4.69, 9.17) is 28.9 Å². The predicted octanol–water partition coefficient (Wildman–Crippen LogP) is 2.95. The second kappa shape index (κ2) is 5.31. The Hall–Kier alpha value is -0.770. The first-order chi connectivity index (χ1) is 8.79. The zero-order chi connectivity index (χ0) is 14.2. The molecule has 0 radical (unpaired) electrons. The topological polar surface area (TPSA) is 55.1 Å². The van der Waals surface area contributed by atoms with Gasteiger partial charge in [-0.1, -0.05) is 35.3 Å². The average molecular weight is 301 g/mol. The molecule has 3 N–H and O–H groups in total. The molecule has 1 aromatic rings. The fourth-order valence-corrected chi connectivity index (χ4v) is 2.53. The molecule has 5 heteroatoms. The van der Waals surface area contributed by atoms with Gasteiger partial charge in [-0.3, -0.25) is 4.79 Å². The van der Waals surface area contributed by atoms with Crippen molar-refractivity contribution in [3.05, 3.63) is 33.8 Å². The van der Waals surface area contributed by atoms with Crippen LogP contribution >= 0.6 is 23.2 Å². The molecule has 19 heavy (non-hydrogen) atoms. The zero-order valence-corrected chi connectivity index (χ0v) is 12.6. The van der Waals surface area contributed by atoms with E-state index in [1.807, 2.05) is 26.0 Å². The fraction of sp³-hybridized carbons (Fsp3) is 0.500. The largest absolute Gasteiger partial charge is 0.354 e. The SMILES string of the molecule is CC(C)(N)CNC(=O)C1CC1c1cccc(Cl)c1Cl. The second-order valence-electron chi connectivity index (χ2n) is 5.80. The van der Waals surface area contributed by atoms with E-state index in [0.29, 0.717) is 16.6 Å². The van der Waals surface area contributed by atoms with Crippen molar-refractivity contribution in [2.75, 3.05) is 6.54 Å². The Balaban J connectivity index is 1.97. The van der Waals surface area contributed by atoms with Crippen LogP contribution in [0.4, 0.5) is 0 Å². The minimum absolute atomic E-state index is 0.0154. The van der Waals surface area contributed by atoms with Crippen LogP contribution in [-0.4, -0.2) is 18.0 Å². The molecule has 1 saturated carbocycles. The summed E-state index contributed by atoms with van der Waals surface area (Å²) in [5.41, 5.74) is 6.41. The Morgan fingerprint density at radius 3 is 2.79 bits per heavy atom. The minimum Gasteiger partial charge on any atom is -0.354 e. The highest BCUT2D eigenvalue weighted by molar-refractivity contribution is 6.42. The third-order valence-corrected chi connectivity index (χ3v) is 4.06. The van der Waals surface area contributed by atoms with E-state index in [1.54, 1.807) is 6.07 Å². The molecule has 0 aliphatic heterocycles. The minimum atomic E-state index is -0.395. The molecule has 2 atom stereocenters. The van der Waals surface area contributed by atoms with Gasteiger partial charge < -0.3 is 11.1 Å². The van der Waals surface area contributed by atoms with Gasteiger partial charge >= 0.3 is 0 Å². The zero-order valence-electron chi connectivity index (χ0n) is 11.0. The molecule has 2 rings (SSSR count). The number of carbonyl (C=O) groups excluding carboxylic acids is 1. The van der Waals surface area contributed by atoms with Gasteiger partial charge in [-0.25, -0.2) is 0 Å². The molecule has 3 nitrogen and oxygen atoms in total. The van der Waals surface area contributed by atoms with Gasteiger partial charge in [0.2, 0.25) is 5.91 Å². The van der Waals surface area contributed by atoms with Gasteiger partial charge in [0.05, 0.1) is 10.0 Å². The van der Waals surface area contributed by atoms with E-state index in [0.717, 1.165) is 12.0 Å². The van der Waals surface area contributed by atoms with Crippen molar-refractivity contribution in [2.45, 2.75) is 31.7 Å². The average Bonchev–Trinajstić information content (AvgIpc) is 3.09. The maximum atomic E-state index is 12.0. The van der Waals surface area contributed by atoms with Gasteiger partial charge in [-0.2, -0.15) is 0 Å². The molecule has 0 aromatic heterocycles. The van der Waals surface area contributed by atoms with E-state index in [-0.39, 0.29) is 17.7 Å². The Bertz CT molecular complexity index is 497. The molecule has 1 aliphatic carbocycles. The van der Waals surface area contributed by atoms with Crippen LogP contribution in [0.1, 0.15) is 31.7 Å². The molecule has 1 amide bonds. The monoisotopic (exact) mass is 300 g/mol. The third kappa shape index (κ3) is 3.62. The lowest BCUT2D eigenvalue weighted by Crippen LogP contribution is -2.45. The van der Waals surface area contributed by atoms with Crippen LogP contribution < -0.4 is 11.1 Å². The van der Waals surface area contributed by atoms with Gasteiger partial charge in [0.25, 0.3) is 0 Å². The predicted molar refractivity (Wildman–Crippen MR) is 78.6 cm³/mol. The van der Waals surface area contributed by atoms with Crippen molar-refractivity contribution in [1.29, 1.82) is 0 Å². The normalized spacial score (nSPS) is 22.2. The van der Waals surface area contributed by atoms with Gasteiger partial charge in [0, 0.05) is 18.0 Å². The van der Waals surface area contributed by atoms with Crippen LogP contribution in [0.25, 0.3) is 0 Å². The number of hydrogen-bond donors (Lipinski definition) is 2. The number of nitrogens with two attached hydrogens (primary N) is 1. The summed E-state index contributed by atoms with van der Waals surface area (Å²) in [4.78, 5) is 12.0. The number of benzene rings is 1. The highest BCUT2D eigenvalue weighted by Crippen LogP contribution is 2.50. The van der Waals surface area contributed by atoms with Crippen LogP contribution in [0.3, 0.4) is 0 Å². The highest BCUT2D eigenvalue weighted by Gasteiger charge is 2.45. The number of hydrogen-bond acceptors (Lipinski definition) is 2. The first-order valence-electron chi connectivity index (χ1n) is 6.30. The van der Waals surface area contributed by atoms with Crippen LogP contribution in [0.2, 0.25) is 10.0 Å².